The molecule has 0 radical (unpaired) electrons. The lowest BCUT2D eigenvalue weighted by Gasteiger charge is -2.43. The lowest BCUT2D eigenvalue weighted by Crippen LogP contribution is -2.52. The summed E-state index contributed by atoms with van der Waals surface area (Å²) < 4.78 is 7.94. The van der Waals surface area contributed by atoms with Crippen LogP contribution in [0.15, 0.2) is 24.3 Å². The van der Waals surface area contributed by atoms with Crippen molar-refractivity contribution >= 4 is 0 Å². The third-order valence-corrected chi connectivity index (χ3v) is 7.92. The van der Waals surface area contributed by atoms with Crippen LogP contribution < -0.4 is 4.74 Å². The van der Waals surface area contributed by atoms with Gasteiger partial charge in [0, 0.05) is 37.8 Å². The van der Waals surface area contributed by atoms with Crippen LogP contribution in [-0.4, -0.2) is 69.3 Å². The number of hydrogen-bond acceptors (Lipinski definition) is 6. The lowest BCUT2D eigenvalue weighted by molar-refractivity contribution is 0.0607. The van der Waals surface area contributed by atoms with Crippen molar-refractivity contribution in [2.24, 2.45) is 0 Å². The molecule has 5 rings (SSSR count). The lowest BCUT2D eigenvalue weighted by atomic mass is 9.93. The highest BCUT2D eigenvalue weighted by Gasteiger charge is 2.35. The van der Waals surface area contributed by atoms with Crippen LogP contribution >= 0.6 is 0 Å². The molecule has 3 fully saturated rings. The summed E-state index contributed by atoms with van der Waals surface area (Å²) in [6.45, 7) is 4.33. The number of benzene rings is 1. The van der Waals surface area contributed by atoms with E-state index in [0.29, 0.717) is 6.04 Å². The Labute approximate surface area is 192 Å². The molecule has 1 aromatic heterocycles. The van der Waals surface area contributed by atoms with Crippen molar-refractivity contribution < 1.29 is 4.74 Å². The Bertz CT molecular complexity index is 850. The number of hydrogen-bond donors (Lipinski definition) is 0. The van der Waals surface area contributed by atoms with E-state index in [2.05, 4.69) is 48.2 Å². The van der Waals surface area contributed by atoms with E-state index in [-0.39, 0.29) is 6.04 Å². The molecule has 1 aromatic carbocycles. The molecule has 7 nitrogen and oxygen atoms in total. The molecule has 0 N–H and O–H groups in total. The first kappa shape index (κ1) is 21.8. The van der Waals surface area contributed by atoms with E-state index in [9.17, 15) is 0 Å². The Morgan fingerprint density at radius 3 is 2.19 bits per heavy atom. The minimum Gasteiger partial charge on any atom is -0.496 e. The van der Waals surface area contributed by atoms with Crippen molar-refractivity contribution in [3.8, 4) is 5.75 Å². The molecule has 2 saturated carbocycles. The van der Waals surface area contributed by atoms with E-state index in [1.165, 1.54) is 69.8 Å². The minimum absolute atomic E-state index is 0.0246. The first-order chi connectivity index (χ1) is 15.8. The third-order valence-electron chi connectivity index (χ3n) is 7.92. The van der Waals surface area contributed by atoms with Gasteiger partial charge in [-0.05, 0) is 42.2 Å². The molecule has 2 aliphatic carbocycles. The fraction of sp³-hybridized carbons (Fsp3) is 0.720. The van der Waals surface area contributed by atoms with Crippen LogP contribution in [0.25, 0.3) is 0 Å². The summed E-state index contributed by atoms with van der Waals surface area (Å²) in [5, 5.41) is 13.3. The zero-order chi connectivity index (χ0) is 21.8. The van der Waals surface area contributed by atoms with E-state index in [0.717, 1.165) is 43.8 Å². The van der Waals surface area contributed by atoms with Gasteiger partial charge in [0.15, 0.2) is 5.82 Å². The number of ether oxygens (including phenoxy) is 1. The van der Waals surface area contributed by atoms with Crippen molar-refractivity contribution in [3.63, 3.8) is 0 Å². The molecular formula is C25H38N6O. The van der Waals surface area contributed by atoms with Gasteiger partial charge >= 0.3 is 0 Å². The molecule has 1 aliphatic heterocycles. The molecule has 32 heavy (non-hydrogen) atoms. The van der Waals surface area contributed by atoms with E-state index < -0.39 is 0 Å². The summed E-state index contributed by atoms with van der Waals surface area (Å²) in [5.41, 5.74) is 1.17. The number of rotatable bonds is 6. The molecule has 1 atom stereocenters. The zero-order valence-electron chi connectivity index (χ0n) is 19.5. The van der Waals surface area contributed by atoms with Gasteiger partial charge in [0.25, 0.3) is 0 Å². The highest BCUT2D eigenvalue weighted by Crippen LogP contribution is 2.37. The maximum Gasteiger partial charge on any atom is 0.173 e. The first-order valence-corrected chi connectivity index (χ1v) is 12.7. The molecule has 3 aliphatic rings. The van der Waals surface area contributed by atoms with Gasteiger partial charge in [-0.15, -0.1) is 5.10 Å². The molecule has 174 valence electrons. The van der Waals surface area contributed by atoms with Gasteiger partial charge in [-0.25, -0.2) is 4.68 Å². The molecule has 2 heterocycles. The van der Waals surface area contributed by atoms with Crippen molar-refractivity contribution in [2.75, 3.05) is 33.3 Å². The van der Waals surface area contributed by atoms with Crippen molar-refractivity contribution in [1.29, 1.82) is 0 Å². The fourth-order valence-electron chi connectivity index (χ4n) is 6.16. The zero-order valence-corrected chi connectivity index (χ0v) is 19.5. The van der Waals surface area contributed by atoms with Gasteiger partial charge in [0.05, 0.1) is 13.2 Å². The maximum atomic E-state index is 5.80. The highest BCUT2D eigenvalue weighted by molar-refractivity contribution is 5.39. The van der Waals surface area contributed by atoms with Crippen molar-refractivity contribution in [2.45, 2.75) is 82.3 Å². The maximum absolute atomic E-state index is 5.80. The Hall–Kier alpha value is -1.99. The second-order valence-corrected chi connectivity index (χ2v) is 9.78. The molecular weight excluding hydrogens is 400 g/mol. The van der Waals surface area contributed by atoms with Crippen LogP contribution in [-0.2, 0) is 0 Å². The molecule has 2 aromatic rings. The number of piperazine rings is 1. The summed E-state index contributed by atoms with van der Waals surface area (Å²) in [7, 11) is 1.76. The predicted molar refractivity (Wildman–Crippen MR) is 125 cm³/mol. The Kier molecular flexibility index (Phi) is 7.03. The number of nitrogens with zero attached hydrogens (tertiary/aromatic N) is 6. The van der Waals surface area contributed by atoms with Gasteiger partial charge in [0.2, 0.25) is 0 Å². The number of aromatic nitrogens is 4. The summed E-state index contributed by atoms with van der Waals surface area (Å²) in [4.78, 5) is 5.32. The Morgan fingerprint density at radius 2 is 1.50 bits per heavy atom. The molecule has 0 unspecified atom stereocenters. The van der Waals surface area contributed by atoms with Crippen molar-refractivity contribution in [3.05, 3.63) is 35.7 Å². The SMILES string of the molecule is COc1ccccc1[C@@H](c1nnnn1C1CCCCC1)N1CCN(C2CCCCC2)CC1. The minimum atomic E-state index is 0.0246. The smallest absolute Gasteiger partial charge is 0.173 e. The predicted octanol–water partition coefficient (Wildman–Crippen LogP) is 4.23. The number of tetrazole rings is 1. The van der Waals surface area contributed by atoms with E-state index in [4.69, 9.17) is 4.74 Å². The number of methoxy groups -OCH3 is 1. The summed E-state index contributed by atoms with van der Waals surface area (Å²) >= 11 is 0. The monoisotopic (exact) mass is 438 g/mol. The second-order valence-electron chi connectivity index (χ2n) is 9.78. The average Bonchev–Trinajstić information content (AvgIpc) is 3.35. The average molecular weight is 439 g/mol. The molecule has 7 heteroatoms. The molecule has 0 bridgehead atoms. The second kappa shape index (κ2) is 10.3. The molecule has 1 saturated heterocycles. The summed E-state index contributed by atoms with van der Waals surface area (Å²) in [5.74, 6) is 1.90. The van der Waals surface area contributed by atoms with Crippen LogP contribution in [0.4, 0.5) is 0 Å². The summed E-state index contributed by atoms with van der Waals surface area (Å²) in [6.07, 6.45) is 13.1. The van der Waals surface area contributed by atoms with Gasteiger partial charge < -0.3 is 4.74 Å². The van der Waals surface area contributed by atoms with Crippen LogP contribution in [0.1, 0.15) is 87.7 Å². The normalized spacial score (nSPS) is 23.3. The van der Waals surface area contributed by atoms with Gasteiger partial charge in [-0.3, -0.25) is 9.80 Å². The molecule has 0 amide bonds. The largest absolute Gasteiger partial charge is 0.496 e. The topological polar surface area (TPSA) is 59.3 Å². The van der Waals surface area contributed by atoms with E-state index >= 15 is 0 Å². The van der Waals surface area contributed by atoms with Gasteiger partial charge in [0.1, 0.15) is 11.8 Å². The number of para-hydroxylation sites is 1. The standard InChI is InChI=1S/C25H38N6O/c1-32-23-15-9-8-14-22(23)24(25-26-27-28-31(25)21-12-6-3-7-13-21)30-18-16-29(17-19-30)20-10-4-2-5-11-20/h8-9,14-15,20-21,24H,2-7,10-13,16-19H2,1H3/t24-/m0/s1. The summed E-state index contributed by atoms with van der Waals surface area (Å²) in [6, 6.07) is 9.63. The van der Waals surface area contributed by atoms with E-state index in [1.54, 1.807) is 7.11 Å². The third kappa shape index (κ3) is 4.55. The van der Waals surface area contributed by atoms with Crippen LogP contribution in [0.2, 0.25) is 0 Å². The van der Waals surface area contributed by atoms with Crippen LogP contribution in [0, 0.1) is 0 Å². The van der Waals surface area contributed by atoms with Gasteiger partial charge in [-0.1, -0.05) is 56.7 Å². The Morgan fingerprint density at radius 1 is 0.844 bits per heavy atom. The van der Waals surface area contributed by atoms with Crippen molar-refractivity contribution in [1.82, 2.24) is 30.0 Å². The van der Waals surface area contributed by atoms with Gasteiger partial charge in [-0.2, -0.15) is 0 Å². The van der Waals surface area contributed by atoms with Crippen LogP contribution in [0.5, 0.6) is 5.75 Å². The van der Waals surface area contributed by atoms with E-state index in [1.807, 2.05) is 6.07 Å². The van der Waals surface area contributed by atoms with Crippen LogP contribution in [0.3, 0.4) is 0 Å². The first-order valence-electron chi connectivity index (χ1n) is 12.7. The molecule has 0 spiro atoms. The fourth-order valence-corrected chi connectivity index (χ4v) is 6.16. The highest BCUT2D eigenvalue weighted by atomic mass is 16.5. The Balaban J connectivity index is 1.42. The quantitative estimate of drug-likeness (QED) is 0.673.